The van der Waals surface area contributed by atoms with Crippen LogP contribution in [0.2, 0.25) is 0 Å². The molecule has 12 nitrogen and oxygen atoms in total. The molecule has 12 heteroatoms. The highest BCUT2D eigenvalue weighted by molar-refractivity contribution is 5.88. The first kappa shape index (κ1) is 27.0. The molecule has 0 spiro atoms. The number of carboxylic acid groups (broad SMARTS) is 3. The Morgan fingerprint density at radius 1 is 0.833 bits per heavy atom. The summed E-state index contributed by atoms with van der Waals surface area (Å²) in [5.41, 5.74) is -2.74. The molecule has 0 aliphatic heterocycles. The Morgan fingerprint density at radius 3 is 1.21 bits per heavy atom. The maximum absolute atomic E-state index is 10.3. The molecule has 1 atom stereocenters. The van der Waals surface area contributed by atoms with Crippen molar-refractivity contribution >= 4 is 17.9 Å². The lowest BCUT2D eigenvalue weighted by molar-refractivity contribution is -0.170. The van der Waals surface area contributed by atoms with Crippen LogP contribution in [0.4, 0.5) is 0 Å². The fourth-order valence-corrected chi connectivity index (χ4v) is 0.772. The van der Waals surface area contributed by atoms with Crippen LogP contribution >= 0.6 is 0 Å². The zero-order valence-corrected chi connectivity index (χ0v) is 12.9. The van der Waals surface area contributed by atoms with E-state index in [2.05, 4.69) is 0 Å². The van der Waals surface area contributed by atoms with Crippen molar-refractivity contribution in [3.05, 3.63) is 0 Å². The van der Waals surface area contributed by atoms with E-state index in [1.165, 1.54) is 6.92 Å². The van der Waals surface area contributed by atoms with Gasteiger partial charge in [0.15, 0.2) is 5.60 Å². The number of aliphatic carboxylic acids is 3. The Balaban J connectivity index is -0.000000332. The number of carbonyl (C=O) groups is 3. The van der Waals surface area contributed by atoms with Gasteiger partial charge in [0.1, 0.15) is 6.10 Å². The number of aliphatic hydroxyl groups is 6. The first-order valence-corrected chi connectivity index (χ1v) is 6.44. The summed E-state index contributed by atoms with van der Waals surface area (Å²) in [7, 11) is 0. The summed E-state index contributed by atoms with van der Waals surface area (Å²) < 4.78 is 0. The number of hydrogen-bond acceptors (Lipinski definition) is 9. The molecule has 0 saturated heterocycles. The lowest BCUT2D eigenvalue weighted by atomic mass is 9.96. The topological polar surface area (TPSA) is 233 Å². The summed E-state index contributed by atoms with van der Waals surface area (Å²) in [6, 6.07) is 0. The highest BCUT2D eigenvalue weighted by Crippen LogP contribution is 2.15. The first-order chi connectivity index (χ1) is 10.9. The lowest BCUT2D eigenvalue weighted by Gasteiger charge is -2.18. The van der Waals surface area contributed by atoms with Gasteiger partial charge in [0.25, 0.3) is 0 Å². The Kier molecular flexibility index (Phi) is 16.6. The van der Waals surface area contributed by atoms with E-state index in [4.69, 9.17) is 46.0 Å². The molecular weight excluding hydrogens is 336 g/mol. The van der Waals surface area contributed by atoms with E-state index in [-0.39, 0.29) is 19.8 Å². The summed E-state index contributed by atoms with van der Waals surface area (Å²) in [6.45, 7) is 0.660. The number of carboxylic acids is 3. The quantitative estimate of drug-likeness (QED) is 0.204. The SMILES string of the molecule is CC(O)CO.O=C(O)CC(O)(CC(=O)O)C(=O)O.OCC(O)CO. The van der Waals surface area contributed by atoms with E-state index in [1.54, 1.807) is 0 Å². The molecule has 0 amide bonds. The molecule has 0 saturated carbocycles. The highest BCUT2D eigenvalue weighted by atomic mass is 16.4. The third-order valence-electron chi connectivity index (χ3n) is 1.97. The minimum absolute atomic E-state index is 0.139. The molecule has 0 aromatic carbocycles. The predicted molar refractivity (Wildman–Crippen MR) is 76.0 cm³/mol. The normalized spacial score (nSPS) is 11.5. The van der Waals surface area contributed by atoms with Crippen LogP contribution < -0.4 is 0 Å². The lowest BCUT2D eigenvalue weighted by Crippen LogP contribution is -2.42. The summed E-state index contributed by atoms with van der Waals surface area (Å²) in [5.74, 6) is -5.02. The molecule has 0 rings (SSSR count). The second-order valence-corrected chi connectivity index (χ2v) is 4.53. The van der Waals surface area contributed by atoms with Crippen LogP contribution in [-0.4, -0.2) is 101 Å². The van der Waals surface area contributed by atoms with Gasteiger partial charge < -0.3 is 46.0 Å². The van der Waals surface area contributed by atoms with Gasteiger partial charge in [-0.25, -0.2) is 4.79 Å². The summed E-state index contributed by atoms with van der Waals surface area (Å²) >= 11 is 0. The fourth-order valence-electron chi connectivity index (χ4n) is 0.772. The largest absolute Gasteiger partial charge is 0.481 e. The third-order valence-corrected chi connectivity index (χ3v) is 1.97. The van der Waals surface area contributed by atoms with E-state index < -0.39 is 48.6 Å². The number of hydrogen-bond donors (Lipinski definition) is 9. The number of aliphatic hydroxyl groups excluding tert-OH is 5. The van der Waals surface area contributed by atoms with E-state index in [0.29, 0.717) is 0 Å². The van der Waals surface area contributed by atoms with Gasteiger partial charge >= 0.3 is 17.9 Å². The van der Waals surface area contributed by atoms with Gasteiger partial charge in [-0.3, -0.25) is 9.59 Å². The first-order valence-electron chi connectivity index (χ1n) is 6.44. The van der Waals surface area contributed by atoms with Crippen LogP contribution in [0.5, 0.6) is 0 Å². The molecule has 0 radical (unpaired) electrons. The minimum Gasteiger partial charge on any atom is -0.481 e. The monoisotopic (exact) mass is 360 g/mol. The van der Waals surface area contributed by atoms with Gasteiger partial charge in [-0.1, -0.05) is 0 Å². The van der Waals surface area contributed by atoms with E-state index in [1.807, 2.05) is 0 Å². The van der Waals surface area contributed by atoms with E-state index in [0.717, 1.165) is 0 Å². The van der Waals surface area contributed by atoms with Crippen LogP contribution in [0.3, 0.4) is 0 Å². The highest BCUT2D eigenvalue weighted by Gasteiger charge is 2.40. The molecule has 144 valence electrons. The minimum atomic E-state index is -2.74. The smallest absolute Gasteiger partial charge is 0.336 e. The maximum Gasteiger partial charge on any atom is 0.336 e. The molecule has 24 heavy (non-hydrogen) atoms. The van der Waals surface area contributed by atoms with Crippen molar-refractivity contribution in [1.29, 1.82) is 0 Å². The number of rotatable bonds is 8. The van der Waals surface area contributed by atoms with Gasteiger partial charge in [0.2, 0.25) is 0 Å². The zero-order valence-electron chi connectivity index (χ0n) is 12.9. The average Bonchev–Trinajstić information content (AvgIpc) is 2.45. The zero-order chi connectivity index (χ0) is 19.9. The molecule has 0 aromatic rings. The van der Waals surface area contributed by atoms with Gasteiger partial charge in [0, 0.05) is 0 Å². The van der Waals surface area contributed by atoms with Gasteiger partial charge in [-0.2, -0.15) is 0 Å². The van der Waals surface area contributed by atoms with Crippen LogP contribution in [0.1, 0.15) is 19.8 Å². The predicted octanol–water partition coefficient (Wildman–Crippen LogP) is -3.56. The van der Waals surface area contributed by atoms with Crippen molar-refractivity contribution in [3.8, 4) is 0 Å². The van der Waals surface area contributed by atoms with E-state index in [9.17, 15) is 14.4 Å². The molecule has 0 aliphatic carbocycles. The molecule has 1 unspecified atom stereocenters. The van der Waals surface area contributed by atoms with Gasteiger partial charge in [-0.15, -0.1) is 0 Å². The Hall–Kier alpha value is -1.83. The Labute approximate surface area is 136 Å². The van der Waals surface area contributed by atoms with Crippen molar-refractivity contribution in [2.75, 3.05) is 19.8 Å². The Morgan fingerprint density at radius 2 is 1.12 bits per heavy atom. The molecule has 9 N–H and O–H groups in total. The molecule has 0 bridgehead atoms. The van der Waals surface area contributed by atoms with Gasteiger partial charge in [0.05, 0.1) is 38.8 Å². The summed E-state index contributed by atoms with van der Waals surface area (Å²) in [5, 5.41) is 73.8. The second kappa shape index (κ2) is 14.7. The van der Waals surface area contributed by atoms with Crippen molar-refractivity contribution in [3.63, 3.8) is 0 Å². The van der Waals surface area contributed by atoms with Crippen molar-refractivity contribution in [1.82, 2.24) is 0 Å². The second-order valence-electron chi connectivity index (χ2n) is 4.53. The van der Waals surface area contributed by atoms with Crippen molar-refractivity contribution in [2.45, 2.75) is 37.6 Å². The van der Waals surface area contributed by atoms with E-state index >= 15 is 0 Å². The molecule has 0 fully saturated rings. The molecule has 0 heterocycles. The van der Waals surface area contributed by atoms with Crippen molar-refractivity contribution < 1.29 is 60.3 Å². The molecule has 0 aliphatic rings. The maximum atomic E-state index is 10.3. The van der Waals surface area contributed by atoms with Crippen LogP contribution in [0.25, 0.3) is 0 Å². The van der Waals surface area contributed by atoms with Crippen LogP contribution in [-0.2, 0) is 14.4 Å². The molecule has 0 aromatic heterocycles. The Bertz CT molecular complexity index is 347. The van der Waals surface area contributed by atoms with Gasteiger partial charge in [-0.05, 0) is 6.92 Å². The van der Waals surface area contributed by atoms with Crippen LogP contribution in [0.15, 0.2) is 0 Å². The summed E-state index contributed by atoms with van der Waals surface area (Å²) in [6.07, 6.45) is -3.80. The summed E-state index contributed by atoms with van der Waals surface area (Å²) in [4.78, 5) is 30.5. The van der Waals surface area contributed by atoms with Crippen molar-refractivity contribution in [2.24, 2.45) is 0 Å². The van der Waals surface area contributed by atoms with Crippen LogP contribution in [0, 0.1) is 0 Å². The third kappa shape index (κ3) is 18.2. The standard InChI is InChI=1S/C6H8O7.C3H8O3.C3H8O2/c7-3(8)1-6(13,5(11)12)2-4(9)10;4-1-3(6)2-5;1-3(5)2-4/h13H,1-2H2,(H,7,8)(H,9,10)(H,11,12);3-6H,1-2H2;3-5H,2H2,1H3. The average molecular weight is 360 g/mol. The molecular formula is C12H24O12. The fraction of sp³-hybridized carbons (Fsp3) is 0.750.